The maximum absolute atomic E-state index is 13.7. The van der Waals surface area contributed by atoms with E-state index in [9.17, 15) is 18.0 Å². The average molecular weight is 550 g/mol. The molecule has 5 N–H and O–H groups in total. The van der Waals surface area contributed by atoms with E-state index in [2.05, 4.69) is 10.4 Å². The number of halogens is 4. The van der Waals surface area contributed by atoms with Crippen molar-refractivity contribution in [3.8, 4) is 0 Å². The van der Waals surface area contributed by atoms with Gasteiger partial charge in [-0.3, -0.25) is 14.5 Å². The van der Waals surface area contributed by atoms with Gasteiger partial charge in [0.2, 0.25) is 0 Å². The molecule has 2 aromatic carbocycles. The smallest absolute Gasteiger partial charge is 0.397 e. The van der Waals surface area contributed by atoms with Crippen LogP contribution in [0, 0.1) is 13.8 Å². The number of amides is 1. The summed E-state index contributed by atoms with van der Waals surface area (Å²) < 4.78 is 42.7. The van der Waals surface area contributed by atoms with Crippen molar-refractivity contribution in [3.05, 3.63) is 81.3 Å². The van der Waals surface area contributed by atoms with Gasteiger partial charge in [-0.05, 0) is 62.8 Å². The number of hydrogen-bond acceptors (Lipinski definition) is 6. The Morgan fingerprint density at radius 2 is 1.92 bits per heavy atom. The van der Waals surface area contributed by atoms with Crippen LogP contribution in [0.2, 0.25) is 5.02 Å². The molecule has 0 saturated carbocycles. The van der Waals surface area contributed by atoms with Gasteiger partial charge in [-0.25, -0.2) is 5.84 Å². The van der Waals surface area contributed by atoms with E-state index in [1.54, 1.807) is 42.0 Å². The molecule has 1 aromatic heterocycles. The summed E-state index contributed by atoms with van der Waals surface area (Å²) in [6.45, 7) is 6.34. The second kappa shape index (κ2) is 11.5. The van der Waals surface area contributed by atoms with Gasteiger partial charge in [-0.15, -0.1) is 0 Å². The van der Waals surface area contributed by atoms with Crippen molar-refractivity contribution in [2.45, 2.75) is 33.5 Å². The molecule has 0 atom stereocenters. The number of hydrogen-bond donors (Lipinski definition) is 3. The Hall–Kier alpha value is -3.54. The zero-order valence-electron chi connectivity index (χ0n) is 21.8. The quantitative estimate of drug-likeness (QED) is 0.268. The highest BCUT2D eigenvalue weighted by Crippen LogP contribution is 2.39. The lowest BCUT2D eigenvalue weighted by Crippen LogP contribution is -2.27. The fraction of sp³-hybridized carbons (Fsp3) is 0.308. The Labute approximate surface area is 224 Å². The number of hydrazine groups is 1. The first-order chi connectivity index (χ1) is 17.7. The zero-order valence-corrected chi connectivity index (χ0v) is 22.6. The molecule has 8 nitrogen and oxygen atoms in total. The van der Waals surface area contributed by atoms with E-state index >= 15 is 0 Å². The second-order valence-corrected chi connectivity index (χ2v) is 9.42. The zero-order chi connectivity index (χ0) is 28.4. The minimum atomic E-state index is -4.69. The average Bonchev–Trinajstić information content (AvgIpc) is 3.18. The Kier molecular flexibility index (Phi) is 8.75. The first kappa shape index (κ1) is 29.0. The predicted octanol–water partition coefficient (Wildman–Crippen LogP) is 5.05. The van der Waals surface area contributed by atoms with Gasteiger partial charge in [0.05, 0.1) is 28.2 Å². The van der Waals surface area contributed by atoms with Crippen LogP contribution < -0.4 is 21.9 Å². The number of nitrogens with one attached hydrogen (secondary N) is 1. The Morgan fingerprint density at radius 3 is 2.50 bits per heavy atom. The van der Waals surface area contributed by atoms with Crippen molar-refractivity contribution >= 4 is 34.6 Å². The SMILES string of the molecule is CCN(C)Cc1cc(NC(=O)c2ccc(C)c(N(N)/C=C(\N)c3cnn(C)c3C)c2)cc(C(F)(F)F)c1Cl. The maximum Gasteiger partial charge on any atom is 0.417 e. The van der Waals surface area contributed by atoms with Crippen LogP contribution in [0.5, 0.6) is 0 Å². The summed E-state index contributed by atoms with van der Waals surface area (Å²) in [5, 5.41) is 7.63. The minimum Gasteiger partial charge on any atom is -0.397 e. The molecule has 12 heteroatoms. The van der Waals surface area contributed by atoms with Crippen LogP contribution in [0.4, 0.5) is 24.5 Å². The maximum atomic E-state index is 13.7. The Morgan fingerprint density at radius 1 is 1.24 bits per heavy atom. The highest BCUT2D eigenvalue weighted by molar-refractivity contribution is 6.32. The summed E-state index contributed by atoms with van der Waals surface area (Å²) in [6, 6.07) is 7.07. The molecule has 3 rings (SSSR count). The predicted molar refractivity (Wildman–Crippen MR) is 144 cm³/mol. The summed E-state index contributed by atoms with van der Waals surface area (Å²) in [5.41, 5.74) is 8.81. The van der Waals surface area contributed by atoms with Crippen molar-refractivity contribution in [3.63, 3.8) is 0 Å². The summed E-state index contributed by atoms with van der Waals surface area (Å²) in [6.07, 6.45) is -1.55. The lowest BCUT2D eigenvalue weighted by atomic mass is 10.1. The molecular weight excluding hydrogens is 519 g/mol. The number of nitrogens with two attached hydrogens (primary N) is 2. The van der Waals surface area contributed by atoms with Gasteiger partial charge in [-0.1, -0.05) is 24.6 Å². The number of anilines is 2. The van der Waals surface area contributed by atoms with Crippen LogP contribution in [0.15, 0.2) is 42.7 Å². The minimum absolute atomic E-state index is 0.0193. The van der Waals surface area contributed by atoms with E-state index in [4.69, 9.17) is 23.2 Å². The van der Waals surface area contributed by atoms with Crippen LogP contribution in [-0.4, -0.2) is 34.2 Å². The third kappa shape index (κ3) is 6.47. The molecule has 0 aliphatic carbocycles. The molecule has 0 saturated heterocycles. The standard InChI is InChI=1S/C26H31ClF3N7O/c1-6-35(4)13-18-9-19(11-21(24(18)27)26(28,29)30)34-25(38)17-8-7-15(2)23(10-17)37(32)14-22(31)20-12-33-36(5)16(20)3/h7-12,14H,6,13,31-32H2,1-5H3,(H,34,38)/b22-14-. The van der Waals surface area contributed by atoms with Crippen LogP contribution >= 0.6 is 11.6 Å². The highest BCUT2D eigenvalue weighted by atomic mass is 35.5. The van der Waals surface area contributed by atoms with Crippen molar-refractivity contribution in [1.29, 1.82) is 0 Å². The summed E-state index contributed by atoms with van der Waals surface area (Å²) in [7, 11) is 3.56. The van der Waals surface area contributed by atoms with Crippen LogP contribution in [0.25, 0.3) is 5.70 Å². The van der Waals surface area contributed by atoms with Crippen molar-refractivity contribution in [1.82, 2.24) is 14.7 Å². The largest absolute Gasteiger partial charge is 0.417 e. The molecule has 0 aliphatic rings. The van der Waals surface area contributed by atoms with Crippen molar-refractivity contribution in [2.24, 2.45) is 18.6 Å². The van der Waals surface area contributed by atoms with Gasteiger partial charge in [0.15, 0.2) is 0 Å². The van der Waals surface area contributed by atoms with E-state index in [-0.39, 0.29) is 28.4 Å². The number of aryl methyl sites for hydroxylation is 2. The lowest BCUT2D eigenvalue weighted by molar-refractivity contribution is -0.137. The fourth-order valence-electron chi connectivity index (χ4n) is 3.78. The second-order valence-electron chi connectivity index (χ2n) is 9.04. The third-order valence-electron chi connectivity index (χ3n) is 6.27. The molecule has 204 valence electrons. The van der Waals surface area contributed by atoms with E-state index in [1.807, 2.05) is 20.8 Å². The molecule has 0 unspecified atom stereocenters. The van der Waals surface area contributed by atoms with E-state index in [0.717, 1.165) is 17.3 Å². The number of benzene rings is 2. The van der Waals surface area contributed by atoms with Crippen LogP contribution in [-0.2, 0) is 19.8 Å². The molecule has 0 radical (unpaired) electrons. The van der Waals surface area contributed by atoms with E-state index in [1.165, 1.54) is 23.3 Å². The van der Waals surface area contributed by atoms with Gasteiger partial charge >= 0.3 is 6.18 Å². The Bertz CT molecular complexity index is 1370. The molecule has 3 aromatic rings. The van der Waals surface area contributed by atoms with Crippen LogP contribution in [0.1, 0.15) is 45.2 Å². The molecule has 0 bridgehead atoms. The van der Waals surface area contributed by atoms with Crippen molar-refractivity contribution in [2.75, 3.05) is 23.9 Å². The number of carbonyl (C=O) groups is 1. The lowest BCUT2D eigenvalue weighted by Gasteiger charge is -2.20. The molecular formula is C26H31ClF3N7O. The van der Waals surface area contributed by atoms with Gasteiger partial charge in [0, 0.05) is 42.3 Å². The number of nitrogens with zero attached hydrogens (tertiary/aromatic N) is 4. The summed E-state index contributed by atoms with van der Waals surface area (Å²) in [5.74, 6) is 5.64. The number of aromatic nitrogens is 2. The van der Waals surface area contributed by atoms with Gasteiger partial charge in [0.25, 0.3) is 5.91 Å². The fourth-order valence-corrected chi connectivity index (χ4v) is 4.06. The van der Waals surface area contributed by atoms with Gasteiger partial charge in [-0.2, -0.15) is 18.3 Å². The summed E-state index contributed by atoms with van der Waals surface area (Å²) >= 11 is 6.09. The Balaban J connectivity index is 1.92. The highest BCUT2D eigenvalue weighted by Gasteiger charge is 2.35. The topological polar surface area (TPSA) is 105 Å². The first-order valence-corrected chi connectivity index (χ1v) is 12.1. The number of alkyl halides is 3. The molecule has 0 fully saturated rings. The number of rotatable bonds is 8. The molecule has 0 spiro atoms. The van der Waals surface area contributed by atoms with Gasteiger partial charge < -0.3 is 16.0 Å². The first-order valence-electron chi connectivity index (χ1n) is 11.7. The van der Waals surface area contributed by atoms with Gasteiger partial charge in [0.1, 0.15) is 0 Å². The normalized spacial score (nSPS) is 12.2. The molecule has 38 heavy (non-hydrogen) atoms. The third-order valence-corrected chi connectivity index (χ3v) is 6.71. The molecule has 0 aliphatic heterocycles. The van der Waals surface area contributed by atoms with Crippen LogP contribution in [0.3, 0.4) is 0 Å². The monoisotopic (exact) mass is 549 g/mol. The molecule has 1 heterocycles. The molecule has 1 amide bonds. The van der Waals surface area contributed by atoms with E-state index in [0.29, 0.717) is 23.5 Å². The van der Waals surface area contributed by atoms with E-state index < -0.39 is 17.6 Å². The number of carbonyl (C=O) groups excluding carboxylic acids is 1. The van der Waals surface area contributed by atoms with Crippen molar-refractivity contribution < 1.29 is 18.0 Å². The summed E-state index contributed by atoms with van der Waals surface area (Å²) in [4.78, 5) is 14.9.